The Bertz CT molecular complexity index is 847. The molecule has 1 aromatic heterocycles. The minimum atomic E-state index is 0.196. The van der Waals surface area contributed by atoms with E-state index in [4.69, 9.17) is 11.6 Å². The molecule has 3 aromatic rings. The maximum absolute atomic E-state index is 10.1. The van der Waals surface area contributed by atoms with Crippen molar-refractivity contribution in [3.8, 4) is 22.8 Å². The molecule has 0 amide bonds. The second kappa shape index (κ2) is 4.79. The summed E-state index contributed by atoms with van der Waals surface area (Å²) in [5.74, 6) is 2.44. The summed E-state index contributed by atoms with van der Waals surface area (Å²) in [5.41, 5.74) is 1.66. The predicted molar refractivity (Wildman–Crippen MR) is 83.0 cm³/mol. The van der Waals surface area contributed by atoms with Crippen molar-refractivity contribution < 1.29 is 5.11 Å². The van der Waals surface area contributed by atoms with E-state index in [1.165, 1.54) is 0 Å². The smallest absolute Gasteiger partial charge is 0.172 e. The van der Waals surface area contributed by atoms with Gasteiger partial charge in [0, 0.05) is 9.92 Å². The Morgan fingerprint density at radius 3 is 2.86 bits per heavy atom. The van der Waals surface area contributed by atoms with Gasteiger partial charge in [-0.15, -0.1) is 22.0 Å². The normalized spacial score (nSPS) is 12.8. The molecule has 0 saturated carbocycles. The van der Waals surface area contributed by atoms with Crippen molar-refractivity contribution in [1.82, 2.24) is 14.8 Å². The number of aromatic nitrogens is 3. The molecule has 4 rings (SSSR count). The number of phenolic OH excluding ortho intramolecular Hbond substituents is 1. The summed E-state index contributed by atoms with van der Waals surface area (Å²) in [7, 11) is 0. The number of fused-ring (bicyclic) bond motifs is 3. The lowest BCUT2D eigenvalue weighted by Crippen LogP contribution is -2.08. The van der Waals surface area contributed by atoms with Gasteiger partial charge in [-0.3, -0.25) is 4.57 Å². The third-order valence-corrected chi connectivity index (χ3v) is 4.67. The fraction of sp³-hybridized carbons (Fsp3) is 0.0667. The second-order valence-electron chi connectivity index (χ2n) is 4.69. The van der Waals surface area contributed by atoms with Crippen LogP contribution in [0.25, 0.3) is 17.1 Å². The lowest BCUT2D eigenvalue weighted by molar-refractivity contribution is 0.476. The number of phenols is 1. The molecular weight excluding hydrogens is 306 g/mol. The molecule has 4 nitrogen and oxygen atoms in total. The van der Waals surface area contributed by atoms with Crippen molar-refractivity contribution in [2.75, 3.05) is 0 Å². The highest BCUT2D eigenvalue weighted by atomic mass is 35.5. The lowest BCUT2D eigenvalue weighted by atomic mass is 10.2. The van der Waals surface area contributed by atoms with Gasteiger partial charge in [-0.2, -0.15) is 0 Å². The van der Waals surface area contributed by atoms with E-state index < -0.39 is 0 Å². The summed E-state index contributed by atoms with van der Waals surface area (Å²) >= 11 is 7.75. The van der Waals surface area contributed by atoms with Crippen molar-refractivity contribution in [3.63, 3.8) is 0 Å². The minimum Gasteiger partial charge on any atom is -0.507 e. The van der Waals surface area contributed by atoms with Crippen LogP contribution >= 0.6 is 23.4 Å². The van der Waals surface area contributed by atoms with E-state index >= 15 is 0 Å². The third-order valence-electron chi connectivity index (χ3n) is 3.39. The van der Waals surface area contributed by atoms with Crippen molar-refractivity contribution in [2.24, 2.45) is 0 Å². The molecular formula is C15H10ClN3OS. The van der Waals surface area contributed by atoms with Gasteiger partial charge in [0.05, 0.1) is 17.0 Å². The van der Waals surface area contributed by atoms with Crippen LogP contribution in [0.2, 0.25) is 5.02 Å². The zero-order chi connectivity index (χ0) is 14.4. The average molecular weight is 316 g/mol. The molecule has 0 aliphatic carbocycles. The SMILES string of the molecule is Oc1ccccc1-c1nnc2n1-c1ccc(Cl)cc1SC2. The van der Waals surface area contributed by atoms with Gasteiger partial charge >= 0.3 is 0 Å². The Hall–Kier alpha value is -1.98. The van der Waals surface area contributed by atoms with E-state index in [1.54, 1.807) is 23.9 Å². The van der Waals surface area contributed by atoms with E-state index in [0.29, 0.717) is 16.4 Å². The molecule has 2 heterocycles. The van der Waals surface area contributed by atoms with E-state index in [1.807, 2.05) is 34.9 Å². The summed E-state index contributed by atoms with van der Waals surface area (Å²) in [4.78, 5) is 1.09. The van der Waals surface area contributed by atoms with E-state index in [9.17, 15) is 5.11 Å². The Balaban J connectivity index is 1.97. The maximum Gasteiger partial charge on any atom is 0.172 e. The number of nitrogens with zero attached hydrogens (tertiary/aromatic N) is 3. The topological polar surface area (TPSA) is 50.9 Å². The molecule has 1 aliphatic rings. The number of benzene rings is 2. The Morgan fingerprint density at radius 1 is 1.14 bits per heavy atom. The number of aromatic hydroxyl groups is 1. The first-order valence-corrected chi connectivity index (χ1v) is 7.76. The van der Waals surface area contributed by atoms with Gasteiger partial charge in [0.1, 0.15) is 11.6 Å². The van der Waals surface area contributed by atoms with Crippen LogP contribution in [0.4, 0.5) is 0 Å². The van der Waals surface area contributed by atoms with E-state index in [-0.39, 0.29) is 5.75 Å². The van der Waals surface area contributed by atoms with Crippen LogP contribution in [0, 0.1) is 0 Å². The number of thioether (sulfide) groups is 1. The summed E-state index contributed by atoms with van der Waals surface area (Å²) in [5, 5.41) is 19.3. The molecule has 0 saturated heterocycles. The Morgan fingerprint density at radius 2 is 2.00 bits per heavy atom. The second-order valence-corrected chi connectivity index (χ2v) is 6.15. The molecule has 0 bridgehead atoms. The number of hydrogen-bond acceptors (Lipinski definition) is 4. The van der Waals surface area contributed by atoms with E-state index in [0.717, 1.165) is 22.2 Å². The van der Waals surface area contributed by atoms with Gasteiger partial charge in [-0.1, -0.05) is 23.7 Å². The predicted octanol–water partition coefficient (Wildman–Crippen LogP) is 3.90. The minimum absolute atomic E-state index is 0.196. The van der Waals surface area contributed by atoms with Crippen LogP contribution in [0.5, 0.6) is 5.75 Å². The highest BCUT2D eigenvalue weighted by Gasteiger charge is 2.23. The number of para-hydroxylation sites is 1. The van der Waals surface area contributed by atoms with Gasteiger partial charge in [0.15, 0.2) is 5.82 Å². The number of halogens is 1. The van der Waals surface area contributed by atoms with Gasteiger partial charge in [0.25, 0.3) is 0 Å². The molecule has 104 valence electrons. The quantitative estimate of drug-likeness (QED) is 0.740. The maximum atomic E-state index is 10.1. The van der Waals surface area contributed by atoms with Crippen LogP contribution in [-0.4, -0.2) is 19.9 Å². The van der Waals surface area contributed by atoms with Gasteiger partial charge in [0.2, 0.25) is 0 Å². The molecule has 1 N–H and O–H groups in total. The molecule has 2 aromatic carbocycles. The van der Waals surface area contributed by atoms with Crippen LogP contribution < -0.4 is 0 Å². The van der Waals surface area contributed by atoms with Crippen molar-refractivity contribution in [1.29, 1.82) is 0 Å². The largest absolute Gasteiger partial charge is 0.507 e. The fourth-order valence-electron chi connectivity index (χ4n) is 2.43. The highest BCUT2D eigenvalue weighted by molar-refractivity contribution is 7.98. The fourth-order valence-corrected chi connectivity index (χ4v) is 3.66. The molecule has 6 heteroatoms. The number of hydrogen-bond donors (Lipinski definition) is 1. The van der Waals surface area contributed by atoms with Crippen LogP contribution in [0.3, 0.4) is 0 Å². The Labute approximate surface area is 130 Å². The summed E-state index contributed by atoms with van der Waals surface area (Å²) in [6, 6.07) is 12.9. The molecule has 21 heavy (non-hydrogen) atoms. The molecule has 1 aliphatic heterocycles. The molecule has 0 radical (unpaired) electrons. The van der Waals surface area contributed by atoms with E-state index in [2.05, 4.69) is 10.2 Å². The number of rotatable bonds is 1. The highest BCUT2D eigenvalue weighted by Crippen LogP contribution is 2.39. The van der Waals surface area contributed by atoms with Crippen LogP contribution in [0.1, 0.15) is 5.82 Å². The summed E-state index contributed by atoms with van der Waals surface area (Å²) in [6.45, 7) is 0. The molecule has 0 unspecified atom stereocenters. The first kappa shape index (κ1) is 12.7. The zero-order valence-electron chi connectivity index (χ0n) is 10.8. The summed E-state index contributed by atoms with van der Waals surface area (Å²) in [6.07, 6.45) is 0. The molecule has 0 spiro atoms. The van der Waals surface area contributed by atoms with Gasteiger partial charge in [-0.25, -0.2) is 0 Å². The zero-order valence-corrected chi connectivity index (χ0v) is 12.4. The van der Waals surface area contributed by atoms with Gasteiger partial charge in [-0.05, 0) is 30.3 Å². The molecule has 0 atom stereocenters. The van der Waals surface area contributed by atoms with Crippen molar-refractivity contribution in [3.05, 3.63) is 53.3 Å². The first-order valence-electron chi connectivity index (χ1n) is 6.39. The van der Waals surface area contributed by atoms with Crippen LogP contribution in [0.15, 0.2) is 47.4 Å². The monoisotopic (exact) mass is 315 g/mol. The van der Waals surface area contributed by atoms with Crippen molar-refractivity contribution in [2.45, 2.75) is 10.6 Å². The van der Waals surface area contributed by atoms with Crippen molar-refractivity contribution >= 4 is 23.4 Å². The Kier molecular flexibility index (Phi) is 2.90. The lowest BCUT2D eigenvalue weighted by Gasteiger charge is -2.19. The average Bonchev–Trinajstić information content (AvgIpc) is 2.91. The van der Waals surface area contributed by atoms with Crippen LogP contribution in [-0.2, 0) is 5.75 Å². The first-order chi connectivity index (χ1) is 10.2. The molecule has 0 fully saturated rings. The summed E-state index contributed by atoms with van der Waals surface area (Å²) < 4.78 is 1.98. The standard InChI is InChI=1S/C15H10ClN3OS/c16-9-5-6-11-13(7-9)21-8-14-17-18-15(19(11)14)10-3-1-2-4-12(10)20/h1-7,20H,8H2. The third kappa shape index (κ3) is 2.01. The van der Waals surface area contributed by atoms with Gasteiger partial charge < -0.3 is 5.11 Å².